The van der Waals surface area contributed by atoms with Gasteiger partial charge in [-0.2, -0.15) is 0 Å². The SMILES string of the molecule is O=C(Nc1cccc(Cl)c1Cl)C1(C(=O)Nc2c(F)cccc2F)CC1. The van der Waals surface area contributed by atoms with E-state index in [1.54, 1.807) is 12.1 Å². The number of hydrogen-bond donors (Lipinski definition) is 2. The summed E-state index contributed by atoms with van der Waals surface area (Å²) in [5, 5.41) is 5.11. The Morgan fingerprint density at radius 3 is 2.08 bits per heavy atom. The van der Waals surface area contributed by atoms with Crippen LogP contribution in [0.2, 0.25) is 10.0 Å². The standard InChI is InChI=1S/C17H12Cl2F2N2O2/c18-9-3-1-6-12(13(9)19)22-15(24)17(7-8-17)16(25)23-14-10(20)4-2-5-11(14)21/h1-6H,7-8H2,(H,22,24)(H,23,25). The van der Waals surface area contributed by atoms with Gasteiger partial charge < -0.3 is 10.6 Å². The van der Waals surface area contributed by atoms with Crippen LogP contribution < -0.4 is 10.6 Å². The van der Waals surface area contributed by atoms with E-state index >= 15 is 0 Å². The lowest BCUT2D eigenvalue weighted by Crippen LogP contribution is -2.36. The molecule has 25 heavy (non-hydrogen) atoms. The molecule has 4 nitrogen and oxygen atoms in total. The molecule has 1 saturated carbocycles. The molecule has 0 aliphatic heterocycles. The van der Waals surface area contributed by atoms with Crippen LogP contribution >= 0.6 is 23.2 Å². The number of halogens is 4. The van der Waals surface area contributed by atoms with Crippen molar-refractivity contribution in [2.75, 3.05) is 10.6 Å². The third-order valence-corrected chi connectivity index (χ3v) is 4.84. The van der Waals surface area contributed by atoms with E-state index in [1.165, 1.54) is 12.1 Å². The first-order chi connectivity index (χ1) is 11.8. The van der Waals surface area contributed by atoms with Crippen LogP contribution in [-0.2, 0) is 9.59 Å². The molecule has 0 radical (unpaired) electrons. The Labute approximate surface area is 152 Å². The minimum absolute atomic E-state index is 0.147. The lowest BCUT2D eigenvalue weighted by atomic mass is 10.0. The van der Waals surface area contributed by atoms with Crippen LogP contribution in [0.15, 0.2) is 36.4 Å². The second-order valence-corrected chi connectivity index (χ2v) is 6.47. The molecule has 130 valence electrons. The highest BCUT2D eigenvalue weighted by molar-refractivity contribution is 6.44. The summed E-state index contributed by atoms with van der Waals surface area (Å²) in [5.74, 6) is -3.21. The monoisotopic (exact) mass is 384 g/mol. The predicted octanol–water partition coefficient (Wildman–Crippen LogP) is 4.63. The summed E-state index contributed by atoms with van der Waals surface area (Å²) in [7, 11) is 0. The van der Waals surface area contributed by atoms with Crippen molar-refractivity contribution in [1.29, 1.82) is 0 Å². The molecule has 0 aromatic heterocycles. The van der Waals surface area contributed by atoms with Crippen molar-refractivity contribution in [1.82, 2.24) is 0 Å². The number of hydrogen-bond acceptors (Lipinski definition) is 2. The summed E-state index contributed by atoms with van der Waals surface area (Å²) in [4.78, 5) is 24.9. The van der Waals surface area contributed by atoms with E-state index in [1.807, 2.05) is 0 Å². The van der Waals surface area contributed by atoms with Crippen LogP contribution in [0.3, 0.4) is 0 Å². The topological polar surface area (TPSA) is 58.2 Å². The zero-order valence-corrected chi connectivity index (χ0v) is 14.2. The summed E-state index contributed by atoms with van der Waals surface area (Å²) in [6.45, 7) is 0. The van der Waals surface area contributed by atoms with Gasteiger partial charge in [0.2, 0.25) is 11.8 Å². The van der Waals surface area contributed by atoms with Gasteiger partial charge in [-0.1, -0.05) is 35.3 Å². The number of carbonyl (C=O) groups excluding carboxylic acids is 2. The maximum Gasteiger partial charge on any atom is 0.240 e. The number of carbonyl (C=O) groups is 2. The molecule has 8 heteroatoms. The Balaban J connectivity index is 1.78. The minimum Gasteiger partial charge on any atom is -0.324 e. The molecule has 1 fully saturated rings. The lowest BCUT2D eigenvalue weighted by Gasteiger charge is -2.17. The number of amides is 2. The fourth-order valence-corrected chi connectivity index (χ4v) is 2.72. The van der Waals surface area contributed by atoms with Crippen molar-refractivity contribution in [3.63, 3.8) is 0 Å². The van der Waals surface area contributed by atoms with Crippen LogP contribution in [0.4, 0.5) is 20.2 Å². The maximum atomic E-state index is 13.7. The molecule has 2 aromatic rings. The van der Waals surface area contributed by atoms with Crippen LogP contribution in [0, 0.1) is 17.0 Å². The number of para-hydroxylation sites is 1. The largest absolute Gasteiger partial charge is 0.324 e. The van der Waals surface area contributed by atoms with Crippen LogP contribution in [-0.4, -0.2) is 11.8 Å². The van der Waals surface area contributed by atoms with E-state index in [4.69, 9.17) is 23.2 Å². The molecule has 3 rings (SSSR count). The van der Waals surface area contributed by atoms with Crippen molar-refractivity contribution < 1.29 is 18.4 Å². The average Bonchev–Trinajstić information content (AvgIpc) is 3.37. The Bertz CT molecular complexity index is 849. The van der Waals surface area contributed by atoms with Crippen LogP contribution in [0.1, 0.15) is 12.8 Å². The summed E-state index contributed by atoms with van der Waals surface area (Å²) in [5.41, 5.74) is -1.71. The van der Waals surface area contributed by atoms with Gasteiger partial charge in [0.25, 0.3) is 0 Å². The smallest absolute Gasteiger partial charge is 0.240 e. The van der Waals surface area contributed by atoms with E-state index in [-0.39, 0.29) is 28.6 Å². The molecule has 2 N–H and O–H groups in total. The molecule has 2 amide bonds. The third kappa shape index (κ3) is 3.32. The number of benzene rings is 2. The van der Waals surface area contributed by atoms with Gasteiger partial charge in [-0.25, -0.2) is 8.78 Å². The second-order valence-electron chi connectivity index (χ2n) is 5.69. The summed E-state index contributed by atoms with van der Waals surface area (Å²) in [6.07, 6.45) is 0.526. The first kappa shape index (κ1) is 17.6. The zero-order valence-electron chi connectivity index (χ0n) is 12.7. The molecule has 0 atom stereocenters. The molecule has 1 aliphatic rings. The first-order valence-corrected chi connectivity index (χ1v) is 8.12. The van der Waals surface area contributed by atoms with E-state index in [9.17, 15) is 18.4 Å². The van der Waals surface area contributed by atoms with Gasteiger partial charge >= 0.3 is 0 Å². The molecule has 0 unspecified atom stereocenters. The van der Waals surface area contributed by atoms with Gasteiger partial charge in [-0.05, 0) is 37.1 Å². The highest BCUT2D eigenvalue weighted by Crippen LogP contribution is 2.48. The predicted molar refractivity (Wildman–Crippen MR) is 91.7 cm³/mol. The number of nitrogens with one attached hydrogen (secondary N) is 2. The summed E-state index contributed by atoms with van der Waals surface area (Å²) in [6, 6.07) is 7.91. The van der Waals surface area contributed by atoms with E-state index in [0.29, 0.717) is 0 Å². The quantitative estimate of drug-likeness (QED) is 0.755. The molecule has 2 aromatic carbocycles. The Morgan fingerprint density at radius 1 is 0.920 bits per heavy atom. The van der Waals surface area contributed by atoms with Crippen molar-refractivity contribution in [2.24, 2.45) is 5.41 Å². The van der Waals surface area contributed by atoms with Crippen molar-refractivity contribution >= 4 is 46.4 Å². The van der Waals surface area contributed by atoms with Crippen molar-refractivity contribution in [3.8, 4) is 0 Å². The summed E-state index contributed by atoms with van der Waals surface area (Å²) >= 11 is 11.9. The second kappa shape index (κ2) is 6.61. The molecular formula is C17H12Cl2F2N2O2. The zero-order chi connectivity index (χ0) is 18.2. The number of anilines is 2. The van der Waals surface area contributed by atoms with Gasteiger partial charge in [0.1, 0.15) is 22.7 Å². The van der Waals surface area contributed by atoms with Gasteiger partial charge in [-0.15, -0.1) is 0 Å². The van der Waals surface area contributed by atoms with Gasteiger partial charge in [0.15, 0.2) is 0 Å². The fourth-order valence-electron chi connectivity index (χ4n) is 2.37. The maximum absolute atomic E-state index is 13.7. The Morgan fingerprint density at radius 2 is 1.48 bits per heavy atom. The fraction of sp³-hybridized carbons (Fsp3) is 0.176. The normalized spacial score (nSPS) is 14.7. The minimum atomic E-state index is -1.39. The first-order valence-electron chi connectivity index (χ1n) is 7.36. The average molecular weight is 385 g/mol. The lowest BCUT2D eigenvalue weighted by molar-refractivity contribution is -0.131. The van der Waals surface area contributed by atoms with E-state index in [2.05, 4.69) is 10.6 Å². The molecule has 0 heterocycles. The molecule has 1 aliphatic carbocycles. The Hall–Kier alpha value is -2.18. The Kier molecular flexibility index (Phi) is 4.67. The molecule has 0 bridgehead atoms. The van der Waals surface area contributed by atoms with E-state index in [0.717, 1.165) is 12.1 Å². The summed E-state index contributed by atoms with van der Waals surface area (Å²) < 4.78 is 27.4. The van der Waals surface area contributed by atoms with Crippen LogP contribution in [0.25, 0.3) is 0 Å². The van der Waals surface area contributed by atoms with Crippen molar-refractivity contribution in [3.05, 3.63) is 58.1 Å². The molecule has 0 saturated heterocycles. The molecule has 0 spiro atoms. The molecular weight excluding hydrogens is 373 g/mol. The van der Waals surface area contributed by atoms with Gasteiger partial charge in [0, 0.05) is 0 Å². The number of rotatable bonds is 4. The highest BCUT2D eigenvalue weighted by Gasteiger charge is 2.56. The van der Waals surface area contributed by atoms with Crippen LogP contribution in [0.5, 0.6) is 0 Å². The van der Waals surface area contributed by atoms with Crippen molar-refractivity contribution in [2.45, 2.75) is 12.8 Å². The van der Waals surface area contributed by atoms with Gasteiger partial charge in [0.05, 0.1) is 15.7 Å². The van der Waals surface area contributed by atoms with Gasteiger partial charge in [-0.3, -0.25) is 9.59 Å². The highest BCUT2D eigenvalue weighted by atomic mass is 35.5. The van der Waals surface area contributed by atoms with E-state index < -0.39 is 34.6 Å². The third-order valence-electron chi connectivity index (χ3n) is 4.02.